The lowest BCUT2D eigenvalue weighted by Crippen LogP contribution is -2.35. The second kappa shape index (κ2) is 6.48. The van der Waals surface area contributed by atoms with Gasteiger partial charge in [-0.05, 0) is 11.1 Å². The Balaban J connectivity index is 1.58. The number of rotatable bonds is 3. The number of morpholine rings is 2. The zero-order valence-electron chi connectivity index (χ0n) is 11.3. The van der Waals surface area contributed by atoms with Crippen LogP contribution in [0.5, 0.6) is 0 Å². The molecule has 0 saturated carbocycles. The molecule has 1 N–H and O–H groups in total. The van der Waals surface area contributed by atoms with Crippen LogP contribution in [-0.2, 0) is 16.0 Å². The molecule has 0 radical (unpaired) electrons. The quantitative estimate of drug-likeness (QED) is 0.887. The molecule has 0 amide bonds. The van der Waals surface area contributed by atoms with Gasteiger partial charge < -0.3 is 14.8 Å². The van der Waals surface area contributed by atoms with Crippen LogP contribution in [0.1, 0.15) is 17.2 Å². The summed E-state index contributed by atoms with van der Waals surface area (Å²) in [4.78, 5) is 2.44. The maximum Gasteiger partial charge on any atom is 0.0949 e. The Labute approximate surface area is 114 Å². The molecule has 104 valence electrons. The zero-order chi connectivity index (χ0) is 12.9. The predicted octanol–water partition coefficient (Wildman–Crippen LogP) is 1.18. The fraction of sp³-hybridized carbons (Fsp3) is 0.600. The Kier molecular flexibility index (Phi) is 4.45. The van der Waals surface area contributed by atoms with Crippen molar-refractivity contribution in [2.24, 2.45) is 0 Å². The molecule has 3 rings (SSSR count). The van der Waals surface area contributed by atoms with Gasteiger partial charge in [0.05, 0.1) is 25.9 Å². The standard InChI is InChI=1S/C15H22N2O2/c1-3-14(15-11-16-5-8-19-15)4-2-13(1)12-17-6-9-18-10-7-17/h1-4,15-16H,5-12H2. The minimum absolute atomic E-state index is 0.214. The molecule has 1 aromatic carbocycles. The summed E-state index contributed by atoms with van der Waals surface area (Å²) in [6.45, 7) is 7.51. The summed E-state index contributed by atoms with van der Waals surface area (Å²) in [7, 11) is 0. The zero-order valence-corrected chi connectivity index (χ0v) is 11.3. The highest BCUT2D eigenvalue weighted by Gasteiger charge is 2.16. The molecule has 0 aromatic heterocycles. The van der Waals surface area contributed by atoms with Crippen molar-refractivity contribution in [3.63, 3.8) is 0 Å². The summed E-state index contributed by atoms with van der Waals surface area (Å²) in [5.74, 6) is 0. The predicted molar refractivity (Wildman–Crippen MR) is 74.1 cm³/mol. The van der Waals surface area contributed by atoms with E-state index in [1.165, 1.54) is 11.1 Å². The van der Waals surface area contributed by atoms with Gasteiger partial charge in [0.15, 0.2) is 0 Å². The Morgan fingerprint density at radius 2 is 1.89 bits per heavy atom. The van der Waals surface area contributed by atoms with Gasteiger partial charge in [-0.3, -0.25) is 4.90 Å². The third-order valence-corrected chi connectivity index (χ3v) is 3.79. The first kappa shape index (κ1) is 13.1. The van der Waals surface area contributed by atoms with E-state index in [4.69, 9.17) is 9.47 Å². The second-order valence-electron chi connectivity index (χ2n) is 5.19. The Hall–Kier alpha value is -0.940. The number of nitrogens with one attached hydrogen (secondary N) is 1. The monoisotopic (exact) mass is 262 g/mol. The largest absolute Gasteiger partial charge is 0.379 e. The summed E-state index contributed by atoms with van der Waals surface area (Å²) < 4.78 is 11.1. The van der Waals surface area contributed by atoms with Crippen molar-refractivity contribution in [1.82, 2.24) is 10.2 Å². The van der Waals surface area contributed by atoms with Crippen molar-refractivity contribution < 1.29 is 9.47 Å². The molecule has 1 aromatic rings. The number of hydrogen-bond acceptors (Lipinski definition) is 4. The minimum Gasteiger partial charge on any atom is -0.379 e. The Morgan fingerprint density at radius 3 is 2.58 bits per heavy atom. The fourth-order valence-electron chi connectivity index (χ4n) is 2.63. The molecule has 2 heterocycles. The normalized spacial score (nSPS) is 25.4. The third kappa shape index (κ3) is 3.54. The number of nitrogens with zero attached hydrogens (tertiary/aromatic N) is 1. The first-order valence-corrected chi connectivity index (χ1v) is 7.13. The van der Waals surface area contributed by atoms with E-state index in [0.29, 0.717) is 0 Å². The van der Waals surface area contributed by atoms with E-state index in [9.17, 15) is 0 Å². The highest BCUT2D eigenvalue weighted by molar-refractivity contribution is 5.24. The van der Waals surface area contributed by atoms with Gasteiger partial charge in [0.2, 0.25) is 0 Å². The maximum atomic E-state index is 5.76. The molecule has 0 spiro atoms. The minimum atomic E-state index is 0.214. The van der Waals surface area contributed by atoms with Gasteiger partial charge >= 0.3 is 0 Å². The smallest absolute Gasteiger partial charge is 0.0949 e. The van der Waals surface area contributed by atoms with Gasteiger partial charge in [-0.1, -0.05) is 24.3 Å². The highest BCUT2D eigenvalue weighted by Crippen LogP contribution is 2.19. The lowest BCUT2D eigenvalue weighted by atomic mass is 10.1. The van der Waals surface area contributed by atoms with Crippen LogP contribution in [0.3, 0.4) is 0 Å². The molecule has 2 aliphatic rings. The summed E-state index contributed by atoms with van der Waals surface area (Å²) in [6.07, 6.45) is 0.214. The molecule has 19 heavy (non-hydrogen) atoms. The molecule has 2 aliphatic heterocycles. The van der Waals surface area contributed by atoms with Crippen molar-refractivity contribution in [1.29, 1.82) is 0 Å². The van der Waals surface area contributed by atoms with Crippen LogP contribution in [0.4, 0.5) is 0 Å². The van der Waals surface area contributed by atoms with Crippen molar-refractivity contribution in [2.45, 2.75) is 12.6 Å². The fourth-order valence-corrected chi connectivity index (χ4v) is 2.63. The van der Waals surface area contributed by atoms with E-state index in [0.717, 1.165) is 52.5 Å². The van der Waals surface area contributed by atoms with Gasteiger partial charge in [-0.15, -0.1) is 0 Å². The van der Waals surface area contributed by atoms with E-state index in [-0.39, 0.29) is 6.10 Å². The molecule has 1 atom stereocenters. The van der Waals surface area contributed by atoms with Gasteiger partial charge in [0.25, 0.3) is 0 Å². The summed E-state index contributed by atoms with van der Waals surface area (Å²) in [5, 5.41) is 3.37. The van der Waals surface area contributed by atoms with E-state index in [2.05, 4.69) is 34.5 Å². The highest BCUT2D eigenvalue weighted by atomic mass is 16.5. The van der Waals surface area contributed by atoms with Crippen molar-refractivity contribution >= 4 is 0 Å². The van der Waals surface area contributed by atoms with E-state index >= 15 is 0 Å². The number of ether oxygens (including phenoxy) is 2. The molecule has 0 bridgehead atoms. The average Bonchev–Trinajstić information content (AvgIpc) is 2.50. The molecule has 4 heteroatoms. The van der Waals surface area contributed by atoms with Crippen LogP contribution in [-0.4, -0.2) is 50.9 Å². The SMILES string of the molecule is c1cc(C2CNCCO2)ccc1CN1CCOCC1. The summed E-state index contributed by atoms with van der Waals surface area (Å²) in [6, 6.07) is 8.85. The molecular formula is C15H22N2O2. The molecule has 2 fully saturated rings. The topological polar surface area (TPSA) is 33.7 Å². The van der Waals surface area contributed by atoms with E-state index in [1.54, 1.807) is 0 Å². The summed E-state index contributed by atoms with van der Waals surface area (Å²) >= 11 is 0. The van der Waals surface area contributed by atoms with Crippen LogP contribution in [0, 0.1) is 0 Å². The van der Waals surface area contributed by atoms with Crippen LogP contribution in [0.2, 0.25) is 0 Å². The lowest BCUT2D eigenvalue weighted by Gasteiger charge is -2.27. The van der Waals surface area contributed by atoms with Crippen LogP contribution in [0.25, 0.3) is 0 Å². The van der Waals surface area contributed by atoms with Gasteiger partial charge in [0.1, 0.15) is 0 Å². The van der Waals surface area contributed by atoms with Crippen LogP contribution in [0.15, 0.2) is 24.3 Å². The maximum absolute atomic E-state index is 5.76. The van der Waals surface area contributed by atoms with Crippen LogP contribution < -0.4 is 5.32 Å². The third-order valence-electron chi connectivity index (χ3n) is 3.79. The Morgan fingerprint density at radius 1 is 1.11 bits per heavy atom. The van der Waals surface area contributed by atoms with Crippen LogP contribution >= 0.6 is 0 Å². The molecule has 4 nitrogen and oxygen atoms in total. The Bertz CT molecular complexity index is 382. The average molecular weight is 262 g/mol. The van der Waals surface area contributed by atoms with Gasteiger partial charge in [-0.2, -0.15) is 0 Å². The van der Waals surface area contributed by atoms with E-state index in [1.807, 2.05) is 0 Å². The molecular weight excluding hydrogens is 240 g/mol. The molecule has 0 aliphatic carbocycles. The second-order valence-corrected chi connectivity index (χ2v) is 5.19. The van der Waals surface area contributed by atoms with Crippen molar-refractivity contribution in [3.8, 4) is 0 Å². The summed E-state index contributed by atoms with van der Waals surface area (Å²) in [5.41, 5.74) is 2.65. The van der Waals surface area contributed by atoms with Crippen molar-refractivity contribution in [2.75, 3.05) is 46.0 Å². The lowest BCUT2D eigenvalue weighted by molar-refractivity contribution is 0.0276. The van der Waals surface area contributed by atoms with E-state index < -0.39 is 0 Å². The van der Waals surface area contributed by atoms with Gasteiger partial charge in [-0.25, -0.2) is 0 Å². The number of benzene rings is 1. The number of hydrogen-bond donors (Lipinski definition) is 1. The van der Waals surface area contributed by atoms with Gasteiger partial charge in [0, 0.05) is 32.7 Å². The molecule has 1 unspecified atom stereocenters. The van der Waals surface area contributed by atoms with Crippen molar-refractivity contribution in [3.05, 3.63) is 35.4 Å². The molecule has 2 saturated heterocycles. The first-order valence-electron chi connectivity index (χ1n) is 7.13. The first-order chi connectivity index (χ1) is 9.42.